The Labute approximate surface area is 172 Å². The van der Waals surface area contributed by atoms with Crippen LogP contribution in [0.25, 0.3) is 0 Å². The van der Waals surface area contributed by atoms with Gasteiger partial charge >= 0.3 is 0 Å². The van der Waals surface area contributed by atoms with Gasteiger partial charge in [0.05, 0.1) is 25.3 Å². The van der Waals surface area contributed by atoms with Gasteiger partial charge in [0.2, 0.25) is 0 Å². The van der Waals surface area contributed by atoms with E-state index < -0.39 is 0 Å². The van der Waals surface area contributed by atoms with Crippen molar-refractivity contribution < 1.29 is 14.3 Å². The first-order valence-corrected chi connectivity index (χ1v) is 9.96. The van der Waals surface area contributed by atoms with Crippen molar-refractivity contribution in [1.82, 2.24) is 9.80 Å². The highest BCUT2D eigenvalue weighted by Gasteiger charge is 2.21. The summed E-state index contributed by atoms with van der Waals surface area (Å²) in [7, 11) is 1.58. The molecule has 0 radical (unpaired) electrons. The molecule has 0 atom stereocenters. The summed E-state index contributed by atoms with van der Waals surface area (Å²) in [5.41, 5.74) is 2.47. The summed E-state index contributed by atoms with van der Waals surface area (Å²) in [6.07, 6.45) is 0.927. The normalized spacial score (nSPS) is 14.7. The zero-order chi connectivity index (χ0) is 20.6. The second-order valence-corrected chi connectivity index (χ2v) is 7.03. The molecule has 2 aromatic carbocycles. The molecular weight excluding hydrogens is 366 g/mol. The van der Waals surface area contributed by atoms with E-state index in [1.807, 2.05) is 36.1 Å². The minimum absolute atomic E-state index is 0.0200. The van der Waals surface area contributed by atoms with Crippen molar-refractivity contribution in [2.45, 2.75) is 19.9 Å². The molecule has 29 heavy (non-hydrogen) atoms. The van der Waals surface area contributed by atoms with E-state index in [4.69, 9.17) is 14.7 Å². The largest absolute Gasteiger partial charge is 0.493 e. The van der Waals surface area contributed by atoms with Crippen LogP contribution in [0, 0.1) is 11.3 Å². The van der Waals surface area contributed by atoms with E-state index in [0.717, 1.165) is 32.6 Å². The van der Waals surface area contributed by atoms with Crippen LogP contribution in [0.2, 0.25) is 0 Å². The fraction of sp³-hybridized carbons (Fsp3) is 0.391. The summed E-state index contributed by atoms with van der Waals surface area (Å²) in [5, 5.41) is 8.92. The Kier molecular flexibility index (Phi) is 7.09. The zero-order valence-electron chi connectivity index (χ0n) is 17.1. The Hall–Kier alpha value is -3.04. The molecule has 6 heteroatoms. The number of benzene rings is 2. The molecule has 6 nitrogen and oxygen atoms in total. The summed E-state index contributed by atoms with van der Waals surface area (Å²) in [5.74, 6) is 1.25. The molecule has 0 aliphatic carbocycles. The molecule has 0 aromatic heterocycles. The number of hydrogen-bond donors (Lipinski definition) is 0. The molecule has 1 aliphatic rings. The van der Waals surface area contributed by atoms with Gasteiger partial charge in [-0.2, -0.15) is 5.26 Å². The molecule has 0 unspecified atom stereocenters. The average Bonchev–Trinajstić information content (AvgIpc) is 3.00. The second kappa shape index (κ2) is 9.94. The van der Waals surface area contributed by atoms with Gasteiger partial charge in [0.15, 0.2) is 11.5 Å². The summed E-state index contributed by atoms with van der Waals surface area (Å²) >= 11 is 0. The maximum absolute atomic E-state index is 13.0. The van der Waals surface area contributed by atoms with Crippen molar-refractivity contribution in [1.29, 1.82) is 5.26 Å². The third-order valence-electron chi connectivity index (χ3n) is 5.08. The van der Waals surface area contributed by atoms with E-state index in [-0.39, 0.29) is 5.91 Å². The van der Waals surface area contributed by atoms with Gasteiger partial charge in [0.1, 0.15) is 0 Å². The predicted molar refractivity (Wildman–Crippen MR) is 111 cm³/mol. The SMILES string of the molecule is CCOc1ccc(C(=O)N2CCCN(Cc3ccc(C#N)cc3)CC2)cc1OC. The standard InChI is InChI=1S/C23H27N3O3/c1-3-29-21-10-9-20(15-22(21)28-2)23(27)26-12-4-11-25(13-14-26)17-19-7-5-18(16-24)6-8-19/h5-10,15H,3-4,11-14,17H2,1-2H3. The Bertz CT molecular complexity index is 874. The topological polar surface area (TPSA) is 65.8 Å². The lowest BCUT2D eigenvalue weighted by molar-refractivity contribution is 0.0760. The van der Waals surface area contributed by atoms with Crippen molar-refractivity contribution in [2.24, 2.45) is 0 Å². The lowest BCUT2D eigenvalue weighted by Gasteiger charge is -2.22. The summed E-state index contributed by atoms with van der Waals surface area (Å²) in [6, 6.07) is 15.2. The molecule has 0 spiro atoms. The Morgan fingerprint density at radius 3 is 2.55 bits per heavy atom. The van der Waals surface area contributed by atoms with Gasteiger partial charge in [-0.05, 0) is 49.2 Å². The van der Waals surface area contributed by atoms with E-state index >= 15 is 0 Å². The fourth-order valence-corrected chi connectivity index (χ4v) is 3.53. The highest BCUT2D eigenvalue weighted by atomic mass is 16.5. The van der Waals surface area contributed by atoms with E-state index in [9.17, 15) is 4.79 Å². The predicted octanol–water partition coefficient (Wildman–Crippen LogP) is 3.31. The van der Waals surface area contributed by atoms with Gasteiger partial charge in [-0.15, -0.1) is 0 Å². The zero-order valence-corrected chi connectivity index (χ0v) is 17.1. The second-order valence-electron chi connectivity index (χ2n) is 7.03. The molecule has 152 valence electrons. The van der Waals surface area contributed by atoms with Crippen molar-refractivity contribution in [2.75, 3.05) is 39.9 Å². The molecular formula is C23H27N3O3. The van der Waals surface area contributed by atoms with Crippen molar-refractivity contribution in [3.05, 3.63) is 59.2 Å². The van der Waals surface area contributed by atoms with Crippen LogP contribution in [-0.4, -0.2) is 55.6 Å². The number of ether oxygens (including phenoxy) is 2. The van der Waals surface area contributed by atoms with E-state index in [1.54, 1.807) is 25.3 Å². The smallest absolute Gasteiger partial charge is 0.254 e. The lowest BCUT2D eigenvalue weighted by Crippen LogP contribution is -2.35. The monoisotopic (exact) mass is 393 g/mol. The van der Waals surface area contributed by atoms with Crippen molar-refractivity contribution in [3.63, 3.8) is 0 Å². The van der Waals surface area contributed by atoms with Gasteiger partial charge in [0.25, 0.3) is 5.91 Å². The highest BCUT2D eigenvalue weighted by molar-refractivity contribution is 5.95. The highest BCUT2D eigenvalue weighted by Crippen LogP contribution is 2.28. The molecule has 1 heterocycles. The minimum Gasteiger partial charge on any atom is -0.493 e. The molecule has 0 N–H and O–H groups in total. The molecule has 1 fully saturated rings. The number of carbonyl (C=O) groups is 1. The van der Waals surface area contributed by atoms with Crippen LogP contribution in [0.5, 0.6) is 11.5 Å². The maximum atomic E-state index is 13.0. The summed E-state index contributed by atoms with van der Waals surface area (Å²) in [6.45, 7) is 6.47. The number of rotatable bonds is 6. The number of amides is 1. The lowest BCUT2D eigenvalue weighted by atomic mass is 10.1. The number of carbonyl (C=O) groups excluding carboxylic acids is 1. The summed E-state index contributed by atoms with van der Waals surface area (Å²) in [4.78, 5) is 17.3. The van der Waals surface area contributed by atoms with Crippen LogP contribution in [0.4, 0.5) is 0 Å². The van der Waals surface area contributed by atoms with Crippen LogP contribution in [0.1, 0.15) is 34.8 Å². The maximum Gasteiger partial charge on any atom is 0.254 e. The van der Waals surface area contributed by atoms with Gasteiger partial charge in [-0.1, -0.05) is 12.1 Å². The Morgan fingerprint density at radius 1 is 1.07 bits per heavy atom. The van der Waals surface area contributed by atoms with Gasteiger partial charge in [-0.25, -0.2) is 0 Å². The third-order valence-corrected chi connectivity index (χ3v) is 5.08. The first-order chi connectivity index (χ1) is 14.1. The molecule has 0 saturated carbocycles. The Morgan fingerprint density at radius 2 is 1.86 bits per heavy atom. The first kappa shape index (κ1) is 20.7. The van der Waals surface area contributed by atoms with Crippen LogP contribution in [-0.2, 0) is 6.54 Å². The molecule has 0 bridgehead atoms. The van der Waals surface area contributed by atoms with Gasteiger partial charge < -0.3 is 14.4 Å². The van der Waals surface area contributed by atoms with Crippen LogP contribution in [0.3, 0.4) is 0 Å². The van der Waals surface area contributed by atoms with E-state index in [1.165, 1.54) is 5.56 Å². The molecule has 3 rings (SSSR count). The number of methoxy groups -OCH3 is 1. The van der Waals surface area contributed by atoms with Crippen LogP contribution >= 0.6 is 0 Å². The number of nitriles is 1. The van der Waals surface area contributed by atoms with Gasteiger partial charge in [0, 0.05) is 38.3 Å². The molecule has 2 aromatic rings. The molecule has 1 aliphatic heterocycles. The Balaban J connectivity index is 1.62. The first-order valence-electron chi connectivity index (χ1n) is 9.96. The molecule has 1 saturated heterocycles. The summed E-state index contributed by atoms with van der Waals surface area (Å²) < 4.78 is 10.9. The quantitative estimate of drug-likeness (QED) is 0.753. The average molecular weight is 393 g/mol. The van der Waals surface area contributed by atoms with Gasteiger partial charge in [-0.3, -0.25) is 9.69 Å². The minimum atomic E-state index is 0.0200. The van der Waals surface area contributed by atoms with E-state index in [0.29, 0.717) is 35.8 Å². The molecule has 1 amide bonds. The number of nitrogens with zero attached hydrogens (tertiary/aromatic N) is 3. The fourth-order valence-electron chi connectivity index (χ4n) is 3.53. The van der Waals surface area contributed by atoms with E-state index in [2.05, 4.69) is 11.0 Å². The van der Waals surface area contributed by atoms with Crippen molar-refractivity contribution in [3.8, 4) is 17.6 Å². The van der Waals surface area contributed by atoms with Crippen LogP contribution < -0.4 is 9.47 Å². The van der Waals surface area contributed by atoms with Crippen LogP contribution in [0.15, 0.2) is 42.5 Å². The van der Waals surface area contributed by atoms with Crippen molar-refractivity contribution >= 4 is 5.91 Å². The third kappa shape index (κ3) is 5.27. The number of hydrogen-bond acceptors (Lipinski definition) is 5.